The SMILES string of the molecule is CCn1c(=O)sc2cc(NC(=O)CCCN(c3cccc([N+](=O)[O-])c3)S(C)(=O)=O)ccc21. The number of nitro groups is 1. The summed E-state index contributed by atoms with van der Waals surface area (Å²) in [5.41, 5.74) is 1.30. The molecule has 3 aromatic rings. The van der Waals surface area contributed by atoms with Crippen molar-refractivity contribution in [3.63, 3.8) is 0 Å². The molecule has 1 aromatic heterocycles. The van der Waals surface area contributed by atoms with Gasteiger partial charge in [0.25, 0.3) is 5.69 Å². The van der Waals surface area contributed by atoms with Crippen LogP contribution in [0.5, 0.6) is 0 Å². The number of rotatable bonds is 9. The third-order valence-corrected chi connectivity index (χ3v) is 6.90. The van der Waals surface area contributed by atoms with Crippen LogP contribution in [0.4, 0.5) is 17.1 Å². The summed E-state index contributed by atoms with van der Waals surface area (Å²) >= 11 is 1.10. The van der Waals surface area contributed by atoms with E-state index in [0.29, 0.717) is 12.2 Å². The van der Waals surface area contributed by atoms with E-state index in [-0.39, 0.29) is 41.5 Å². The number of nitro benzene ring substituents is 1. The predicted octanol–water partition coefficient (Wildman–Crippen LogP) is 3.18. The molecule has 1 amide bonds. The molecule has 12 heteroatoms. The molecular formula is C20H22N4O6S2. The van der Waals surface area contributed by atoms with Gasteiger partial charge in [-0.2, -0.15) is 0 Å². The van der Waals surface area contributed by atoms with Crippen molar-refractivity contribution in [2.45, 2.75) is 26.3 Å². The third-order valence-electron chi connectivity index (χ3n) is 4.76. The summed E-state index contributed by atoms with van der Waals surface area (Å²) in [4.78, 5) is 34.7. The fourth-order valence-electron chi connectivity index (χ4n) is 3.30. The topological polar surface area (TPSA) is 132 Å². The number of hydrogen-bond acceptors (Lipinski definition) is 7. The van der Waals surface area contributed by atoms with E-state index >= 15 is 0 Å². The summed E-state index contributed by atoms with van der Waals surface area (Å²) in [7, 11) is -3.70. The zero-order valence-corrected chi connectivity index (χ0v) is 19.1. The van der Waals surface area contributed by atoms with Gasteiger partial charge >= 0.3 is 4.87 Å². The minimum Gasteiger partial charge on any atom is -0.326 e. The van der Waals surface area contributed by atoms with Crippen molar-refractivity contribution in [1.82, 2.24) is 4.57 Å². The molecule has 2 aromatic carbocycles. The van der Waals surface area contributed by atoms with Crippen LogP contribution < -0.4 is 14.5 Å². The summed E-state index contributed by atoms with van der Waals surface area (Å²) in [6.07, 6.45) is 1.27. The highest BCUT2D eigenvalue weighted by molar-refractivity contribution is 7.92. The highest BCUT2D eigenvalue weighted by Crippen LogP contribution is 2.24. The number of carbonyl (C=O) groups excluding carboxylic acids is 1. The first kappa shape index (κ1) is 23.4. The lowest BCUT2D eigenvalue weighted by molar-refractivity contribution is -0.384. The molecule has 0 aliphatic carbocycles. The minimum atomic E-state index is -3.70. The largest absolute Gasteiger partial charge is 0.326 e. The number of nitrogens with zero attached hydrogens (tertiary/aromatic N) is 3. The van der Waals surface area contributed by atoms with Gasteiger partial charge in [0.05, 0.1) is 27.1 Å². The highest BCUT2D eigenvalue weighted by atomic mass is 32.2. The number of sulfonamides is 1. The molecule has 170 valence electrons. The van der Waals surface area contributed by atoms with Crippen LogP contribution in [0.15, 0.2) is 47.3 Å². The predicted molar refractivity (Wildman–Crippen MR) is 125 cm³/mol. The van der Waals surface area contributed by atoms with E-state index in [1.807, 2.05) is 6.92 Å². The normalized spacial score (nSPS) is 11.4. The van der Waals surface area contributed by atoms with E-state index in [9.17, 15) is 28.1 Å². The van der Waals surface area contributed by atoms with Gasteiger partial charge in [-0.15, -0.1) is 0 Å². The Hall–Kier alpha value is -3.25. The van der Waals surface area contributed by atoms with Crippen LogP contribution in [0.2, 0.25) is 0 Å². The maximum atomic E-state index is 12.4. The lowest BCUT2D eigenvalue weighted by Crippen LogP contribution is -2.31. The number of thiazole rings is 1. The minimum absolute atomic E-state index is 0.00653. The maximum Gasteiger partial charge on any atom is 0.308 e. The van der Waals surface area contributed by atoms with Crippen molar-refractivity contribution in [3.8, 4) is 0 Å². The molecule has 0 radical (unpaired) electrons. The second-order valence-corrected chi connectivity index (χ2v) is 9.96. The average Bonchev–Trinajstić information content (AvgIpc) is 3.04. The molecule has 1 N–H and O–H groups in total. The molecule has 0 saturated carbocycles. The number of aryl methyl sites for hydroxylation is 1. The van der Waals surface area contributed by atoms with Crippen molar-refractivity contribution in [1.29, 1.82) is 0 Å². The molecule has 0 unspecified atom stereocenters. The van der Waals surface area contributed by atoms with E-state index < -0.39 is 14.9 Å². The summed E-state index contributed by atoms with van der Waals surface area (Å²) in [5.74, 6) is -0.306. The van der Waals surface area contributed by atoms with E-state index in [4.69, 9.17) is 0 Å². The Balaban J connectivity index is 1.65. The van der Waals surface area contributed by atoms with Gasteiger partial charge < -0.3 is 5.32 Å². The van der Waals surface area contributed by atoms with Crippen molar-refractivity contribution in [2.24, 2.45) is 0 Å². The van der Waals surface area contributed by atoms with Gasteiger partial charge in [-0.1, -0.05) is 17.4 Å². The monoisotopic (exact) mass is 478 g/mol. The smallest absolute Gasteiger partial charge is 0.308 e. The Morgan fingerprint density at radius 3 is 2.66 bits per heavy atom. The summed E-state index contributed by atoms with van der Waals surface area (Å²) in [5, 5.41) is 13.7. The molecule has 0 aliphatic rings. The Bertz CT molecular complexity index is 1330. The van der Waals surface area contributed by atoms with E-state index in [2.05, 4.69) is 5.32 Å². The van der Waals surface area contributed by atoms with Gasteiger partial charge in [-0.05, 0) is 37.6 Å². The number of nitrogens with one attached hydrogen (secondary N) is 1. The molecule has 3 rings (SSSR count). The fourth-order valence-corrected chi connectivity index (χ4v) is 5.25. The number of amides is 1. The lowest BCUT2D eigenvalue weighted by atomic mass is 10.2. The molecule has 0 fully saturated rings. The fraction of sp³-hybridized carbons (Fsp3) is 0.300. The van der Waals surface area contributed by atoms with E-state index in [1.54, 1.807) is 22.8 Å². The average molecular weight is 479 g/mol. The molecule has 0 atom stereocenters. The first-order chi connectivity index (χ1) is 15.1. The second kappa shape index (κ2) is 9.49. The molecule has 0 spiro atoms. The van der Waals surface area contributed by atoms with Gasteiger partial charge in [0, 0.05) is 37.3 Å². The van der Waals surface area contributed by atoms with Crippen LogP contribution in [0.1, 0.15) is 19.8 Å². The first-order valence-corrected chi connectivity index (χ1v) is 12.4. The van der Waals surface area contributed by atoms with Crippen LogP contribution in [0, 0.1) is 10.1 Å². The molecule has 10 nitrogen and oxygen atoms in total. The molecule has 0 bridgehead atoms. The van der Waals surface area contributed by atoms with Crippen molar-refractivity contribution in [2.75, 3.05) is 22.4 Å². The quantitative estimate of drug-likeness (QED) is 0.371. The Kier molecular flexibility index (Phi) is 6.94. The number of non-ortho nitro benzene ring substituents is 1. The molecule has 0 saturated heterocycles. The van der Waals surface area contributed by atoms with Gasteiger partial charge in [0.2, 0.25) is 15.9 Å². The van der Waals surface area contributed by atoms with Gasteiger partial charge in [-0.3, -0.25) is 28.6 Å². The number of hydrogen-bond donors (Lipinski definition) is 1. The standard InChI is InChI=1S/C20H22N4O6S2/c1-3-22-17-10-9-14(12-18(17)31-20(22)26)21-19(25)8-5-11-23(32(2,29)30)15-6-4-7-16(13-15)24(27)28/h4,6-7,9-10,12-13H,3,5,8,11H2,1-2H3,(H,21,25). The number of fused-ring (bicyclic) bond motifs is 1. The van der Waals surface area contributed by atoms with Crippen LogP contribution in [-0.2, 0) is 21.4 Å². The van der Waals surface area contributed by atoms with Crippen LogP contribution in [0.25, 0.3) is 10.2 Å². The third kappa shape index (κ3) is 5.32. The maximum absolute atomic E-state index is 12.4. The van der Waals surface area contributed by atoms with Gasteiger partial charge in [-0.25, -0.2) is 8.42 Å². The van der Waals surface area contributed by atoms with Crippen LogP contribution in [0.3, 0.4) is 0 Å². The summed E-state index contributed by atoms with van der Waals surface area (Å²) < 4.78 is 27.8. The Morgan fingerprint density at radius 2 is 2.00 bits per heavy atom. The molecule has 32 heavy (non-hydrogen) atoms. The lowest BCUT2D eigenvalue weighted by Gasteiger charge is -2.22. The Labute approximate surface area is 188 Å². The zero-order chi connectivity index (χ0) is 23.5. The van der Waals surface area contributed by atoms with Crippen LogP contribution in [-0.4, -0.2) is 36.6 Å². The Morgan fingerprint density at radius 1 is 1.25 bits per heavy atom. The van der Waals surface area contributed by atoms with Gasteiger partial charge in [0.15, 0.2) is 0 Å². The van der Waals surface area contributed by atoms with Crippen molar-refractivity contribution < 1.29 is 18.1 Å². The van der Waals surface area contributed by atoms with Crippen molar-refractivity contribution >= 4 is 54.5 Å². The number of anilines is 2. The number of carbonyl (C=O) groups is 1. The second-order valence-electron chi connectivity index (χ2n) is 7.06. The van der Waals surface area contributed by atoms with Crippen molar-refractivity contribution in [3.05, 3.63) is 62.2 Å². The number of aromatic nitrogens is 1. The molecule has 0 aliphatic heterocycles. The van der Waals surface area contributed by atoms with E-state index in [1.165, 1.54) is 24.3 Å². The first-order valence-electron chi connectivity index (χ1n) is 9.75. The van der Waals surface area contributed by atoms with Gasteiger partial charge in [0.1, 0.15) is 0 Å². The highest BCUT2D eigenvalue weighted by Gasteiger charge is 2.20. The molecular weight excluding hydrogens is 456 g/mol. The van der Waals surface area contributed by atoms with Crippen LogP contribution >= 0.6 is 11.3 Å². The van der Waals surface area contributed by atoms with E-state index in [0.717, 1.165) is 32.1 Å². The summed E-state index contributed by atoms with van der Waals surface area (Å²) in [6, 6.07) is 10.6. The summed E-state index contributed by atoms with van der Waals surface area (Å²) in [6.45, 7) is 2.44. The molecule has 1 heterocycles. The number of benzene rings is 2. The zero-order valence-electron chi connectivity index (χ0n) is 17.5.